The molecule has 3 rings (SSSR count). The van der Waals surface area contributed by atoms with E-state index in [0.29, 0.717) is 29.8 Å². The quantitative estimate of drug-likeness (QED) is 0.873. The number of alkyl halides is 3. The minimum absolute atomic E-state index is 0.0174. The van der Waals surface area contributed by atoms with Gasteiger partial charge in [-0.3, -0.25) is 9.59 Å². The fourth-order valence-corrected chi connectivity index (χ4v) is 3.60. The van der Waals surface area contributed by atoms with Crippen LogP contribution in [0.3, 0.4) is 0 Å². The third-order valence-corrected chi connectivity index (χ3v) is 4.70. The van der Waals surface area contributed by atoms with Crippen molar-refractivity contribution in [1.29, 1.82) is 0 Å². The zero-order valence-corrected chi connectivity index (χ0v) is 14.7. The van der Waals surface area contributed by atoms with Crippen LogP contribution in [0.15, 0.2) is 24.3 Å². The van der Waals surface area contributed by atoms with Crippen molar-refractivity contribution in [1.82, 2.24) is 4.57 Å². The fraction of sp³-hybridized carbons (Fsp3) is 0.368. The van der Waals surface area contributed by atoms with Gasteiger partial charge in [-0.25, -0.2) is 0 Å². The van der Waals surface area contributed by atoms with Gasteiger partial charge in [0, 0.05) is 28.9 Å². The summed E-state index contributed by atoms with van der Waals surface area (Å²) in [5.74, 6) is -0.896. The van der Waals surface area contributed by atoms with Gasteiger partial charge in [0.2, 0.25) is 5.91 Å². The number of fused-ring (bicyclic) bond motifs is 1. The van der Waals surface area contributed by atoms with Crippen LogP contribution in [0.4, 0.5) is 13.2 Å². The molecular formula is C19H19F3N2O2. The molecule has 1 heterocycles. The highest BCUT2D eigenvalue weighted by Crippen LogP contribution is 2.40. The van der Waals surface area contributed by atoms with Gasteiger partial charge >= 0.3 is 6.18 Å². The van der Waals surface area contributed by atoms with E-state index in [1.165, 1.54) is 4.57 Å². The number of nitrogens with zero attached hydrogens (tertiary/aromatic N) is 1. The predicted molar refractivity (Wildman–Crippen MR) is 90.5 cm³/mol. The van der Waals surface area contributed by atoms with Crippen molar-refractivity contribution in [2.24, 2.45) is 11.1 Å². The Bertz CT molecular complexity index is 924. The molecule has 0 spiro atoms. The summed E-state index contributed by atoms with van der Waals surface area (Å²) in [5.41, 5.74) is 5.31. The topological polar surface area (TPSA) is 65.1 Å². The summed E-state index contributed by atoms with van der Waals surface area (Å²) in [6, 6.07) is 4.68. The van der Waals surface area contributed by atoms with E-state index in [-0.39, 0.29) is 22.4 Å². The number of aromatic nitrogens is 1. The second-order valence-electron chi connectivity index (χ2n) is 7.52. The molecule has 0 unspecified atom stereocenters. The summed E-state index contributed by atoms with van der Waals surface area (Å²) < 4.78 is 42.1. The number of Topliss-reactive ketones (excluding diaryl/α,β-unsaturated/α-hetero) is 1. The maximum atomic E-state index is 13.6. The number of primary amides is 1. The molecule has 1 aromatic carbocycles. The highest BCUT2D eigenvalue weighted by atomic mass is 19.4. The van der Waals surface area contributed by atoms with Crippen molar-refractivity contribution >= 4 is 11.7 Å². The zero-order chi connectivity index (χ0) is 19.4. The highest BCUT2D eigenvalue weighted by Gasteiger charge is 2.38. The van der Waals surface area contributed by atoms with E-state index in [0.717, 1.165) is 18.2 Å². The molecule has 1 aliphatic carbocycles. The number of carbonyl (C=O) groups is 2. The molecule has 26 heavy (non-hydrogen) atoms. The molecular weight excluding hydrogens is 345 g/mol. The molecule has 7 heteroatoms. The third kappa shape index (κ3) is 3.02. The van der Waals surface area contributed by atoms with Gasteiger partial charge in [0.05, 0.1) is 11.3 Å². The van der Waals surface area contributed by atoms with E-state index >= 15 is 0 Å². The monoisotopic (exact) mass is 364 g/mol. The fourth-order valence-electron chi connectivity index (χ4n) is 3.60. The van der Waals surface area contributed by atoms with Crippen LogP contribution in [0.5, 0.6) is 0 Å². The molecule has 1 aromatic heterocycles. The number of benzene rings is 1. The lowest BCUT2D eigenvalue weighted by Gasteiger charge is -2.30. The van der Waals surface area contributed by atoms with E-state index in [2.05, 4.69) is 0 Å². The standard InChI is InChI=1S/C19H19F3N2O2/c1-10-6-12-15(8-18(2,3)9-16(12)25)24(10)14-7-11(17(23)26)4-5-13(14)19(20,21)22/h4-7H,8-9H2,1-3H3,(H2,23,26). The maximum Gasteiger partial charge on any atom is 0.418 e. The number of aryl methyl sites for hydroxylation is 1. The van der Waals surface area contributed by atoms with Crippen LogP contribution in [-0.4, -0.2) is 16.3 Å². The Morgan fingerprint density at radius 3 is 2.42 bits per heavy atom. The van der Waals surface area contributed by atoms with Crippen molar-refractivity contribution in [3.8, 4) is 5.69 Å². The smallest absolute Gasteiger partial charge is 0.366 e. The van der Waals surface area contributed by atoms with Gasteiger partial charge in [0.15, 0.2) is 5.78 Å². The summed E-state index contributed by atoms with van der Waals surface area (Å²) in [7, 11) is 0. The average Bonchev–Trinajstić information content (AvgIpc) is 2.80. The molecule has 0 aliphatic heterocycles. The van der Waals surface area contributed by atoms with Crippen molar-refractivity contribution in [2.75, 3.05) is 0 Å². The first kappa shape index (κ1) is 18.2. The van der Waals surface area contributed by atoms with Crippen LogP contribution in [-0.2, 0) is 12.6 Å². The molecule has 0 atom stereocenters. The van der Waals surface area contributed by atoms with Crippen LogP contribution < -0.4 is 5.73 Å². The van der Waals surface area contributed by atoms with Gasteiger partial charge in [0.1, 0.15) is 0 Å². The molecule has 0 fully saturated rings. The maximum absolute atomic E-state index is 13.6. The van der Waals surface area contributed by atoms with Crippen LogP contribution in [0, 0.1) is 12.3 Å². The molecule has 1 aliphatic rings. The van der Waals surface area contributed by atoms with Crippen LogP contribution >= 0.6 is 0 Å². The summed E-state index contributed by atoms with van der Waals surface area (Å²) >= 11 is 0. The molecule has 1 amide bonds. The van der Waals surface area contributed by atoms with Crippen molar-refractivity contribution in [3.05, 3.63) is 52.3 Å². The average molecular weight is 364 g/mol. The Hall–Kier alpha value is -2.57. The highest BCUT2D eigenvalue weighted by molar-refractivity contribution is 5.99. The van der Waals surface area contributed by atoms with E-state index in [1.807, 2.05) is 13.8 Å². The Morgan fingerprint density at radius 2 is 1.85 bits per heavy atom. The number of carbonyl (C=O) groups excluding carboxylic acids is 2. The summed E-state index contributed by atoms with van der Waals surface area (Å²) in [6.45, 7) is 5.46. The minimum atomic E-state index is -4.61. The number of amides is 1. The lowest BCUT2D eigenvalue weighted by Crippen LogP contribution is -2.28. The Kier molecular flexibility index (Phi) is 4.01. The van der Waals surface area contributed by atoms with Gasteiger partial charge in [-0.1, -0.05) is 13.8 Å². The lowest BCUT2D eigenvalue weighted by molar-refractivity contribution is -0.137. The number of rotatable bonds is 2. The minimum Gasteiger partial charge on any atom is -0.366 e. The first-order valence-electron chi connectivity index (χ1n) is 8.16. The van der Waals surface area contributed by atoms with Crippen LogP contribution in [0.2, 0.25) is 0 Å². The van der Waals surface area contributed by atoms with E-state index in [1.54, 1.807) is 13.0 Å². The molecule has 0 radical (unpaired) electrons. The Morgan fingerprint density at radius 1 is 1.19 bits per heavy atom. The van der Waals surface area contributed by atoms with Crippen molar-refractivity contribution in [2.45, 2.75) is 39.8 Å². The van der Waals surface area contributed by atoms with Gasteiger partial charge in [-0.05, 0) is 43.0 Å². The molecule has 0 bridgehead atoms. The molecule has 4 nitrogen and oxygen atoms in total. The van der Waals surface area contributed by atoms with E-state index in [4.69, 9.17) is 5.73 Å². The van der Waals surface area contributed by atoms with Gasteiger partial charge in [-0.15, -0.1) is 0 Å². The van der Waals surface area contributed by atoms with E-state index in [9.17, 15) is 22.8 Å². The normalized spacial score (nSPS) is 16.5. The van der Waals surface area contributed by atoms with Crippen LogP contribution in [0.1, 0.15) is 57.9 Å². The number of ketones is 1. The van der Waals surface area contributed by atoms with Gasteiger partial charge in [-0.2, -0.15) is 13.2 Å². The first-order chi connectivity index (χ1) is 11.9. The summed E-state index contributed by atoms with van der Waals surface area (Å²) in [5, 5.41) is 0. The molecule has 138 valence electrons. The summed E-state index contributed by atoms with van der Waals surface area (Å²) in [4.78, 5) is 23.9. The zero-order valence-electron chi connectivity index (χ0n) is 14.7. The van der Waals surface area contributed by atoms with Crippen LogP contribution in [0.25, 0.3) is 5.69 Å². The number of hydrogen-bond donors (Lipinski definition) is 1. The summed E-state index contributed by atoms with van der Waals surface area (Å²) in [6.07, 6.45) is -3.81. The lowest BCUT2D eigenvalue weighted by atomic mass is 9.76. The Labute approximate surface area is 148 Å². The second-order valence-corrected chi connectivity index (χ2v) is 7.52. The molecule has 2 aromatic rings. The van der Waals surface area contributed by atoms with Gasteiger partial charge < -0.3 is 10.3 Å². The first-order valence-corrected chi connectivity index (χ1v) is 8.16. The van der Waals surface area contributed by atoms with Crippen molar-refractivity contribution < 1.29 is 22.8 Å². The largest absolute Gasteiger partial charge is 0.418 e. The SMILES string of the molecule is Cc1cc2c(n1-c1cc(C(N)=O)ccc1C(F)(F)F)CC(C)(C)CC2=O. The number of nitrogens with two attached hydrogens (primary N) is 1. The second kappa shape index (κ2) is 5.72. The molecule has 0 saturated heterocycles. The van der Waals surface area contributed by atoms with Gasteiger partial charge in [0.25, 0.3) is 0 Å². The van der Waals surface area contributed by atoms with Crippen molar-refractivity contribution in [3.63, 3.8) is 0 Å². The molecule has 0 saturated carbocycles. The number of hydrogen-bond acceptors (Lipinski definition) is 2. The Balaban J connectivity index is 2.33. The number of halogens is 3. The molecule has 2 N–H and O–H groups in total. The van der Waals surface area contributed by atoms with E-state index < -0.39 is 17.6 Å². The third-order valence-electron chi connectivity index (χ3n) is 4.70. The predicted octanol–water partition coefficient (Wildman–Crippen LogP) is 4.06.